The van der Waals surface area contributed by atoms with Gasteiger partial charge in [0, 0.05) is 17.5 Å². The van der Waals surface area contributed by atoms with Gasteiger partial charge in [0.25, 0.3) is 0 Å². The highest BCUT2D eigenvalue weighted by molar-refractivity contribution is 6.30. The van der Waals surface area contributed by atoms with E-state index in [0.717, 1.165) is 24.3 Å². The summed E-state index contributed by atoms with van der Waals surface area (Å²) in [7, 11) is 0. The fourth-order valence-electron chi connectivity index (χ4n) is 1.41. The summed E-state index contributed by atoms with van der Waals surface area (Å²) in [6.07, 6.45) is 2.72. The van der Waals surface area contributed by atoms with Crippen LogP contribution in [0.25, 0.3) is 0 Å². The van der Waals surface area contributed by atoms with Crippen LogP contribution in [0.15, 0.2) is 24.3 Å². The quantitative estimate of drug-likeness (QED) is 0.778. The van der Waals surface area contributed by atoms with E-state index in [9.17, 15) is 0 Å². The van der Waals surface area contributed by atoms with Crippen molar-refractivity contribution in [3.05, 3.63) is 34.9 Å². The Hall–Kier alpha value is -0.970. The molecule has 0 aliphatic rings. The van der Waals surface area contributed by atoms with Gasteiger partial charge in [0.1, 0.15) is 0 Å². The van der Waals surface area contributed by atoms with Gasteiger partial charge in [-0.1, -0.05) is 23.7 Å². The molecule has 0 aliphatic carbocycles. The Balaban J connectivity index is 2.39. The number of rotatable bonds is 4. The SMILES string of the molecule is CC#CCCC(N)Cc1ccc(Cl)cc1. The van der Waals surface area contributed by atoms with E-state index in [1.165, 1.54) is 5.56 Å². The first-order valence-electron chi connectivity index (χ1n) is 5.12. The lowest BCUT2D eigenvalue weighted by atomic mass is 10.0. The molecule has 80 valence electrons. The van der Waals surface area contributed by atoms with E-state index < -0.39 is 0 Å². The maximum atomic E-state index is 5.98. The van der Waals surface area contributed by atoms with E-state index in [0.29, 0.717) is 0 Å². The van der Waals surface area contributed by atoms with Crippen LogP contribution in [0.5, 0.6) is 0 Å². The Labute approximate surface area is 96.6 Å². The minimum absolute atomic E-state index is 0.187. The summed E-state index contributed by atoms with van der Waals surface area (Å²) < 4.78 is 0. The van der Waals surface area contributed by atoms with Crippen molar-refractivity contribution >= 4 is 11.6 Å². The van der Waals surface area contributed by atoms with E-state index in [1.807, 2.05) is 31.2 Å². The highest BCUT2D eigenvalue weighted by Gasteiger charge is 2.02. The highest BCUT2D eigenvalue weighted by Crippen LogP contribution is 2.11. The minimum atomic E-state index is 0.187. The normalized spacial score (nSPS) is 11.7. The Morgan fingerprint density at radius 2 is 2.00 bits per heavy atom. The van der Waals surface area contributed by atoms with Crippen molar-refractivity contribution in [2.24, 2.45) is 5.73 Å². The Bertz CT molecular complexity index is 345. The van der Waals surface area contributed by atoms with Crippen LogP contribution in [0.1, 0.15) is 25.3 Å². The van der Waals surface area contributed by atoms with Crippen molar-refractivity contribution in [2.45, 2.75) is 32.2 Å². The first kappa shape index (κ1) is 12.1. The summed E-state index contributed by atoms with van der Waals surface area (Å²) >= 11 is 5.80. The molecule has 0 aliphatic heterocycles. The van der Waals surface area contributed by atoms with Gasteiger partial charge < -0.3 is 5.73 Å². The van der Waals surface area contributed by atoms with Crippen molar-refractivity contribution in [2.75, 3.05) is 0 Å². The van der Waals surface area contributed by atoms with Gasteiger partial charge in [0.05, 0.1) is 0 Å². The van der Waals surface area contributed by atoms with Crippen LogP contribution in [-0.4, -0.2) is 6.04 Å². The van der Waals surface area contributed by atoms with Crippen molar-refractivity contribution in [3.63, 3.8) is 0 Å². The Morgan fingerprint density at radius 1 is 1.33 bits per heavy atom. The first-order chi connectivity index (χ1) is 7.22. The van der Waals surface area contributed by atoms with Gasteiger partial charge in [-0.15, -0.1) is 11.8 Å². The second-order valence-electron chi connectivity index (χ2n) is 3.56. The number of halogens is 1. The number of benzene rings is 1. The minimum Gasteiger partial charge on any atom is -0.327 e. The Morgan fingerprint density at radius 3 is 2.60 bits per heavy atom. The smallest absolute Gasteiger partial charge is 0.0406 e. The van der Waals surface area contributed by atoms with Crippen LogP contribution in [0.2, 0.25) is 5.02 Å². The summed E-state index contributed by atoms with van der Waals surface area (Å²) in [4.78, 5) is 0. The molecule has 1 rings (SSSR count). The predicted octanol–water partition coefficient (Wildman–Crippen LogP) is 3.01. The lowest BCUT2D eigenvalue weighted by molar-refractivity contribution is 0.623. The van der Waals surface area contributed by atoms with Crippen molar-refractivity contribution in [1.29, 1.82) is 0 Å². The molecule has 0 amide bonds. The van der Waals surface area contributed by atoms with Gasteiger partial charge in [-0.25, -0.2) is 0 Å². The van der Waals surface area contributed by atoms with E-state index in [4.69, 9.17) is 17.3 Å². The number of nitrogens with two attached hydrogens (primary N) is 1. The molecular weight excluding hydrogens is 206 g/mol. The molecule has 1 aromatic rings. The van der Waals surface area contributed by atoms with Gasteiger partial charge in [-0.3, -0.25) is 0 Å². The predicted molar refractivity (Wildman–Crippen MR) is 65.8 cm³/mol. The van der Waals surface area contributed by atoms with Crippen LogP contribution >= 0.6 is 11.6 Å². The molecule has 0 bridgehead atoms. The summed E-state index contributed by atoms with van der Waals surface area (Å²) in [6.45, 7) is 1.85. The monoisotopic (exact) mass is 221 g/mol. The molecule has 1 unspecified atom stereocenters. The van der Waals surface area contributed by atoms with Gasteiger partial charge in [-0.05, 0) is 37.5 Å². The third-order valence-electron chi connectivity index (χ3n) is 2.23. The van der Waals surface area contributed by atoms with E-state index in [1.54, 1.807) is 0 Å². The molecule has 1 nitrogen and oxygen atoms in total. The molecule has 1 aromatic carbocycles. The average molecular weight is 222 g/mol. The third kappa shape index (κ3) is 4.88. The molecule has 1 atom stereocenters. The second-order valence-corrected chi connectivity index (χ2v) is 3.99. The largest absolute Gasteiger partial charge is 0.327 e. The molecule has 0 spiro atoms. The van der Waals surface area contributed by atoms with Crippen molar-refractivity contribution < 1.29 is 0 Å². The summed E-state index contributed by atoms with van der Waals surface area (Å²) in [5.74, 6) is 5.89. The topological polar surface area (TPSA) is 26.0 Å². The highest BCUT2D eigenvalue weighted by atomic mass is 35.5. The summed E-state index contributed by atoms with van der Waals surface area (Å²) in [5, 5.41) is 0.768. The Kier molecular flexibility index (Phi) is 5.25. The molecule has 2 N–H and O–H groups in total. The molecule has 0 heterocycles. The zero-order valence-electron chi connectivity index (χ0n) is 8.96. The van der Waals surface area contributed by atoms with Gasteiger partial charge in [0.2, 0.25) is 0 Å². The van der Waals surface area contributed by atoms with E-state index in [2.05, 4.69) is 11.8 Å². The van der Waals surface area contributed by atoms with Crippen LogP contribution in [-0.2, 0) is 6.42 Å². The molecule has 2 heteroatoms. The van der Waals surface area contributed by atoms with Gasteiger partial charge >= 0.3 is 0 Å². The standard InChI is InChI=1S/C13H16ClN/c1-2-3-4-5-13(15)10-11-6-8-12(14)9-7-11/h6-9,13H,4-5,10,15H2,1H3. The van der Waals surface area contributed by atoms with Gasteiger partial charge in [0.15, 0.2) is 0 Å². The molecule has 0 radical (unpaired) electrons. The average Bonchev–Trinajstić information content (AvgIpc) is 2.22. The van der Waals surface area contributed by atoms with Crippen LogP contribution < -0.4 is 5.73 Å². The fourth-order valence-corrected chi connectivity index (χ4v) is 1.53. The summed E-state index contributed by atoms with van der Waals surface area (Å²) in [5.41, 5.74) is 7.22. The van der Waals surface area contributed by atoms with Gasteiger partial charge in [-0.2, -0.15) is 0 Å². The fraction of sp³-hybridized carbons (Fsp3) is 0.385. The maximum Gasteiger partial charge on any atom is 0.0406 e. The third-order valence-corrected chi connectivity index (χ3v) is 2.48. The number of hydrogen-bond donors (Lipinski definition) is 1. The van der Waals surface area contributed by atoms with Crippen molar-refractivity contribution in [1.82, 2.24) is 0 Å². The second kappa shape index (κ2) is 6.50. The molecular formula is C13H16ClN. The van der Waals surface area contributed by atoms with Crippen LogP contribution in [0.3, 0.4) is 0 Å². The zero-order chi connectivity index (χ0) is 11.1. The molecule has 15 heavy (non-hydrogen) atoms. The first-order valence-corrected chi connectivity index (χ1v) is 5.50. The lowest BCUT2D eigenvalue weighted by Crippen LogP contribution is -2.22. The number of hydrogen-bond acceptors (Lipinski definition) is 1. The van der Waals surface area contributed by atoms with E-state index in [-0.39, 0.29) is 6.04 Å². The molecule has 0 aromatic heterocycles. The van der Waals surface area contributed by atoms with E-state index >= 15 is 0 Å². The van der Waals surface area contributed by atoms with Crippen molar-refractivity contribution in [3.8, 4) is 11.8 Å². The lowest BCUT2D eigenvalue weighted by Gasteiger charge is -2.09. The maximum absolute atomic E-state index is 5.98. The molecule has 0 saturated heterocycles. The molecule has 0 saturated carbocycles. The zero-order valence-corrected chi connectivity index (χ0v) is 9.72. The van der Waals surface area contributed by atoms with Crippen LogP contribution in [0, 0.1) is 11.8 Å². The molecule has 0 fully saturated rings. The van der Waals surface area contributed by atoms with Crippen LogP contribution in [0.4, 0.5) is 0 Å². The summed E-state index contributed by atoms with van der Waals surface area (Å²) in [6, 6.07) is 8.03.